The quantitative estimate of drug-likeness (QED) is 0.508. The molecular weight excluding hydrogens is 183 g/mol. The van der Waals surface area contributed by atoms with E-state index in [9.17, 15) is 0 Å². The van der Waals surface area contributed by atoms with Gasteiger partial charge in [-0.25, -0.2) is 0 Å². The molecule has 2 N–H and O–H groups in total. The molecule has 13 heavy (non-hydrogen) atoms. The van der Waals surface area contributed by atoms with Crippen LogP contribution in [0, 0.1) is 12.3 Å². The van der Waals surface area contributed by atoms with Crippen molar-refractivity contribution in [3.05, 3.63) is 22.6 Å². The van der Waals surface area contributed by atoms with Gasteiger partial charge in [-0.3, -0.25) is 0 Å². The summed E-state index contributed by atoms with van der Waals surface area (Å²) in [5, 5.41) is 17.8. The fourth-order valence-corrected chi connectivity index (χ4v) is 2.39. The standard InChI is InChI=1S/C9H11BO2S/c1-3-4-5-8-7(2)6-9(13-8)10(11)12/h1,4-5,9,11-12H,6H2,2H3/b5-4-. The SMILES string of the molecule is C#C/C=C\C1=C(C)CC(B(O)O)S1. The van der Waals surface area contributed by atoms with Gasteiger partial charge in [0.2, 0.25) is 0 Å². The third-order valence-electron chi connectivity index (χ3n) is 1.87. The van der Waals surface area contributed by atoms with Crippen LogP contribution in [0.25, 0.3) is 0 Å². The van der Waals surface area contributed by atoms with Gasteiger partial charge in [0.25, 0.3) is 0 Å². The van der Waals surface area contributed by atoms with Crippen LogP contribution in [0.3, 0.4) is 0 Å². The van der Waals surface area contributed by atoms with Crippen molar-refractivity contribution in [2.45, 2.75) is 18.5 Å². The Hall–Kier alpha value is -0.625. The molecule has 0 amide bonds. The third kappa shape index (κ3) is 2.66. The van der Waals surface area contributed by atoms with E-state index in [2.05, 4.69) is 5.92 Å². The molecule has 0 radical (unpaired) electrons. The average Bonchev–Trinajstić information content (AvgIpc) is 2.44. The second-order valence-electron chi connectivity index (χ2n) is 2.92. The Labute approximate surface area is 82.9 Å². The summed E-state index contributed by atoms with van der Waals surface area (Å²) < 4.78 is 0. The molecule has 0 saturated heterocycles. The summed E-state index contributed by atoms with van der Waals surface area (Å²) in [6, 6.07) is 0. The molecule has 2 nitrogen and oxygen atoms in total. The first kappa shape index (κ1) is 10.5. The van der Waals surface area contributed by atoms with Gasteiger partial charge in [0.15, 0.2) is 0 Å². The smallest absolute Gasteiger partial charge is 0.426 e. The fourth-order valence-electron chi connectivity index (χ4n) is 1.18. The van der Waals surface area contributed by atoms with Crippen LogP contribution in [0.4, 0.5) is 0 Å². The first-order valence-electron chi connectivity index (χ1n) is 4.00. The highest BCUT2D eigenvalue weighted by Gasteiger charge is 2.30. The van der Waals surface area contributed by atoms with E-state index in [0.29, 0.717) is 6.42 Å². The molecular formula is C9H11BO2S. The molecule has 0 fully saturated rings. The highest BCUT2D eigenvalue weighted by atomic mass is 32.2. The summed E-state index contributed by atoms with van der Waals surface area (Å²) in [4.78, 5) is 1.05. The number of allylic oxidation sites excluding steroid dienone is 3. The Balaban J connectivity index is 2.63. The van der Waals surface area contributed by atoms with Crippen molar-refractivity contribution < 1.29 is 10.0 Å². The second kappa shape index (κ2) is 4.57. The van der Waals surface area contributed by atoms with Gasteiger partial charge in [0.1, 0.15) is 0 Å². The zero-order valence-electron chi connectivity index (χ0n) is 7.40. The molecule has 1 heterocycles. The monoisotopic (exact) mass is 194 g/mol. The number of hydrogen-bond acceptors (Lipinski definition) is 3. The molecule has 1 rings (SSSR count). The number of hydrogen-bond donors (Lipinski definition) is 2. The largest absolute Gasteiger partial charge is 0.466 e. The number of thioether (sulfide) groups is 1. The first-order valence-corrected chi connectivity index (χ1v) is 4.88. The summed E-state index contributed by atoms with van der Waals surface area (Å²) in [7, 11) is -1.25. The maximum atomic E-state index is 8.96. The molecule has 0 aromatic rings. The van der Waals surface area contributed by atoms with E-state index in [1.807, 2.05) is 13.0 Å². The molecule has 1 unspecified atom stereocenters. The highest BCUT2D eigenvalue weighted by molar-refractivity contribution is 8.05. The molecule has 4 heteroatoms. The Bertz CT molecular complexity index is 288. The van der Waals surface area contributed by atoms with Crippen LogP contribution in [0.15, 0.2) is 22.6 Å². The Morgan fingerprint density at radius 1 is 1.69 bits per heavy atom. The van der Waals surface area contributed by atoms with Crippen LogP contribution in [-0.2, 0) is 0 Å². The van der Waals surface area contributed by atoms with Gasteiger partial charge in [-0.1, -0.05) is 11.5 Å². The van der Waals surface area contributed by atoms with Crippen LogP contribution in [0.2, 0.25) is 0 Å². The van der Waals surface area contributed by atoms with Gasteiger partial charge in [-0.2, -0.15) is 0 Å². The summed E-state index contributed by atoms with van der Waals surface area (Å²) >= 11 is 1.46. The van der Waals surface area contributed by atoms with Crippen molar-refractivity contribution >= 4 is 18.9 Å². The Kier molecular flexibility index (Phi) is 3.67. The lowest BCUT2D eigenvalue weighted by Crippen LogP contribution is -2.26. The Morgan fingerprint density at radius 2 is 2.38 bits per heavy atom. The lowest BCUT2D eigenvalue weighted by Gasteiger charge is -2.05. The van der Waals surface area contributed by atoms with E-state index in [1.54, 1.807) is 6.08 Å². The van der Waals surface area contributed by atoms with Crippen molar-refractivity contribution in [2.24, 2.45) is 0 Å². The van der Waals surface area contributed by atoms with E-state index >= 15 is 0 Å². The molecule has 0 saturated carbocycles. The third-order valence-corrected chi connectivity index (χ3v) is 3.32. The van der Waals surface area contributed by atoms with Crippen LogP contribution in [0.1, 0.15) is 13.3 Å². The Morgan fingerprint density at radius 3 is 2.85 bits per heavy atom. The van der Waals surface area contributed by atoms with Crippen molar-refractivity contribution in [3.63, 3.8) is 0 Å². The van der Waals surface area contributed by atoms with Gasteiger partial charge in [0.05, 0.1) is 0 Å². The van der Waals surface area contributed by atoms with Gasteiger partial charge in [-0.05, 0) is 25.5 Å². The van der Waals surface area contributed by atoms with Gasteiger partial charge in [0, 0.05) is 10.1 Å². The molecule has 0 aromatic heterocycles. The topological polar surface area (TPSA) is 40.5 Å². The predicted octanol–water partition coefficient (Wildman–Crippen LogP) is 0.967. The fraction of sp³-hybridized carbons (Fsp3) is 0.333. The lowest BCUT2D eigenvalue weighted by molar-refractivity contribution is 0.402. The lowest BCUT2D eigenvalue weighted by atomic mass is 9.82. The molecule has 0 bridgehead atoms. The van der Waals surface area contributed by atoms with Crippen LogP contribution in [0.5, 0.6) is 0 Å². The van der Waals surface area contributed by atoms with Crippen molar-refractivity contribution in [1.82, 2.24) is 0 Å². The van der Waals surface area contributed by atoms with Crippen molar-refractivity contribution in [1.29, 1.82) is 0 Å². The summed E-state index contributed by atoms with van der Waals surface area (Å²) in [5.41, 5.74) is 1.16. The second-order valence-corrected chi connectivity index (χ2v) is 4.20. The summed E-state index contributed by atoms with van der Waals surface area (Å²) in [6.45, 7) is 1.98. The summed E-state index contributed by atoms with van der Waals surface area (Å²) in [6.07, 6.45) is 9.25. The molecule has 68 valence electrons. The first-order chi connectivity index (χ1) is 6.15. The van der Waals surface area contributed by atoms with Crippen LogP contribution in [-0.4, -0.2) is 22.3 Å². The van der Waals surface area contributed by atoms with E-state index in [0.717, 1.165) is 10.5 Å². The van der Waals surface area contributed by atoms with Crippen molar-refractivity contribution in [3.8, 4) is 12.3 Å². The molecule has 1 atom stereocenters. The van der Waals surface area contributed by atoms with Crippen molar-refractivity contribution in [2.75, 3.05) is 0 Å². The van der Waals surface area contributed by atoms with Crippen LogP contribution >= 0.6 is 11.8 Å². The van der Waals surface area contributed by atoms with Gasteiger partial charge >= 0.3 is 7.12 Å². The normalized spacial score (nSPS) is 22.5. The summed E-state index contributed by atoms with van der Waals surface area (Å²) in [5.74, 6) is 2.41. The molecule has 0 aliphatic carbocycles. The zero-order valence-corrected chi connectivity index (χ0v) is 8.21. The minimum Gasteiger partial charge on any atom is -0.426 e. The van der Waals surface area contributed by atoms with Crippen LogP contribution < -0.4 is 0 Å². The minimum absolute atomic E-state index is 0.141. The molecule has 0 aromatic carbocycles. The van der Waals surface area contributed by atoms with E-state index in [1.165, 1.54) is 11.8 Å². The number of rotatable bonds is 2. The van der Waals surface area contributed by atoms with Gasteiger partial charge in [-0.15, -0.1) is 18.2 Å². The van der Waals surface area contributed by atoms with E-state index < -0.39 is 7.12 Å². The van der Waals surface area contributed by atoms with E-state index in [4.69, 9.17) is 16.5 Å². The molecule has 1 aliphatic heterocycles. The highest BCUT2D eigenvalue weighted by Crippen LogP contribution is 2.38. The maximum absolute atomic E-state index is 8.96. The minimum atomic E-state index is -1.25. The predicted molar refractivity (Wildman–Crippen MR) is 56.9 cm³/mol. The average molecular weight is 194 g/mol. The molecule has 1 aliphatic rings. The number of terminal acetylenes is 1. The van der Waals surface area contributed by atoms with E-state index in [-0.39, 0.29) is 5.15 Å². The zero-order chi connectivity index (χ0) is 9.84. The maximum Gasteiger partial charge on any atom is 0.466 e. The van der Waals surface area contributed by atoms with Gasteiger partial charge < -0.3 is 10.0 Å². The molecule has 0 spiro atoms.